The van der Waals surface area contributed by atoms with E-state index in [0.29, 0.717) is 11.0 Å². The molecule has 0 radical (unpaired) electrons. The molecule has 5 nitrogen and oxygen atoms in total. The van der Waals surface area contributed by atoms with E-state index in [1.165, 1.54) is 10.9 Å². The number of hydrogen-bond acceptors (Lipinski definition) is 3. The van der Waals surface area contributed by atoms with E-state index in [9.17, 15) is 8.42 Å². The first-order valence-electron chi connectivity index (χ1n) is 3.91. The largest absolute Gasteiger partial charge is 0.313 e. The smallest absolute Gasteiger partial charge is 0.283 e. The lowest BCUT2D eigenvalue weighted by molar-refractivity contribution is 0.472. The average Bonchev–Trinajstić information content (AvgIpc) is 2.47. The van der Waals surface area contributed by atoms with E-state index in [1.807, 2.05) is 6.07 Å². The first kappa shape index (κ1) is 9.17. The molecule has 6 heteroatoms. The van der Waals surface area contributed by atoms with Gasteiger partial charge in [0.25, 0.3) is 10.1 Å². The third-order valence-corrected chi connectivity index (χ3v) is 2.43. The second-order valence-corrected chi connectivity index (χ2v) is 4.34. The van der Waals surface area contributed by atoms with Crippen LogP contribution in [0, 0.1) is 0 Å². The lowest BCUT2D eigenvalue weighted by atomic mass is 10.3. The fraction of sp³-hybridized carbons (Fsp3) is 0.125. The average molecular weight is 212 g/mol. The fourth-order valence-electron chi connectivity index (χ4n) is 1.29. The molecule has 1 aromatic heterocycles. The Kier molecular flexibility index (Phi) is 2.01. The molecule has 0 amide bonds. The SMILES string of the molecule is O=S(=O)(O)Cn1cnc2ccccc21. The van der Waals surface area contributed by atoms with Crippen LogP contribution in [0.25, 0.3) is 11.0 Å². The first-order valence-corrected chi connectivity index (χ1v) is 5.52. The zero-order chi connectivity index (χ0) is 10.2. The van der Waals surface area contributed by atoms with Gasteiger partial charge in [-0.25, -0.2) is 4.98 Å². The van der Waals surface area contributed by atoms with Gasteiger partial charge in [-0.3, -0.25) is 4.55 Å². The summed E-state index contributed by atoms with van der Waals surface area (Å²) in [4.78, 5) is 3.99. The minimum Gasteiger partial charge on any atom is -0.313 e. The van der Waals surface area contributed by atoms with E-state index >= 15 is 0 Å². The molecule has 2 aromatic rings. The van der Waals surface area contributed by atoms with Crippen molar-refractivity contribution < 1.29 is 13.0 Å². The highest BCUT2D eigenvalue weighted by molar-refractivity contribution is 7.84. The topological polar surface area (TPSA) is 72.2 Å². The van der Waals surface area contributed by atoms with Crippen LogP contribution in [0.5, 0.6) is 0 Å². The molecule has 74 valence electrons. The van der Waals surface area contributed by atoms with Gasteiger partial charge < -0.3 is 4.57 Å². The van der Waals surface area contributed by atoms with E-state index in [2.05, 4.69) is 4.98 Å². The number of fused-ring (bicyclic) bond motifs is 1. The minimum absolute atomic E-state index is 0.465. The van der Waals surface area contributed by atoms with Crippen molar-refractivity contribution in [3.8, 4) is 0 Å². The minimum atomic E-state index is -4.02. The molecular weight excluding hydrogens is 204 g/mol. The summed E-state index contributed by atoms with van der Waals surface area (Å²) in [6, 6.07) is 7.11. The summed E-state index contributed by atoms with van der Waals surface area (Å²) >= 11 is 0. The van der Waals surface area contributed by atoms with Gasteiger partial charge in [0.15, 0.2) is 5.88 Å². The maximum atomic E-state index is 10.6. The number of aromatic nitrogens is 2. The Morgan fingerprint density at radius 2 is 2.07 bits per heavy atom. The maximum Gasteiger partial charge on any atom is 0.283 e. The van der Waals surface area contributed by atoms with Gasteiger partial charge in [0, 0.05) is 0 Å². The molecule has 0 saturated heterocycles. The lowest BCUT2D eigenvalue weighted by Gasteiger charge is -1.99. The Labute approximate surface area is 80.7 Å². The van der Waals surface area contributed by atoms with Crippen LogP contribution in [0.2, 0.25) is 0 Å². The van der Waals surface area contributed by atoms with Gasteiger partial charge in [-0.2, -0.15) is 8.42 Å². The van der Waals surface area contributed by atoms with Gasteiger partial charge in [0.1, 0.15) is 0 Å². The molecule has 14 heavy (non-hydrogen) atoms. The molecule has 0 fully saturated rings. The van der Waals surface area contributed by atoms with Crippen molar-refractivity contribution in [1.29, 1.82) is 0 Å². The van der Waals surface area contributed by atoms with Crippen molar-refractivity contribution in [2.45, 2.75) is 5.88 Å². The Balaban J connectivity index is 2.54. The monoisotopic (exact) mass is 212 g/mol. The molecule has 0 aliphatic rings. The summed E-state index contributed by atoms with van der Waals surface area (Å²) in [5.74, 6) is -0.465. The molecule has 0 atom stereocenters. The quantitative estimate of drug-likeness (QED) is 0.750. The van der Waals surface area contributed by atoms with Crippen molar-refractivity contribution in [3.05, 3.63) is 30.6 Å². The van der Waals surface area contributed by atoms with Crippen LogP contribution in [0.4, 0.5) is 0 Å². The molecular formula is C8H8N2O3S. The second-order valence-electron chi connectivity index (χ2n) is 2.91. The van der Waals surface area contributed by atoms with Crippen molar-refractivity contribution in [1.82, 2.24) is 9.55 Å². The zero-order valence-corrected chi connectivity index (χ0v) is 7.98. The summed E-state index contributed by atoms with van der Waals surface area (Å²) in [7, 11) is -4.02. The lowest BCUT2D eigenvalue weighted by Crippen LogP contribution is -2.08. The molecule has 0 saturated carbocycles. The highest BCUT2D eigenvalue weighted by atomic mass is 32.2. The zero-order valence-electron chi connectivity index (χ0n) is 7.16. The number of nitrogens with zero attached hydrogens (tertiary/aromatic N) is 2. The predicted molar refractivity (Wildman–Crippen MR) is 51.3 cm³/mol. The number of para-hydroxylation sites is 2. The molecule has 0 aliphatic carbocycles. The van der Waals surface area contributed by atoms with E-state index in [1.54, 1.807) is 18.2 Å². The summed E-state index contributed by atoms with van der Waals surface area (Å²) in [6.45, 7) is 0. The third-order valence-electron chi connectivity index (χ3n) is 1.83. The normalized spacial score (nSPS) is 12.1. The van der Waals surface area contributed by atoms with E-state index in [4.69, 9.17) is 4.55 Å². The van der Waals surface area contributed by atoms with E-state index < -0.39 is 16.0 Å². The predicted octanol–water partition coefficient (Wildman–Crippen LogP) is 0.882. The molecule has 1 heterocycles. The second kappa shape index (κ2) is 3.07. The number of rotatable bonds is 2. The van der Waals surface area contributed by atoms with Crippen molar-refractivity contribution in [2.24, 2.45) is 0 Å². The molecule has 2 rings (SSSR count). The number of benzene rings is 1. The molecule has 1 N–H and O–H groups in total. The Morgan fingerprint density at radius 3 is 2.79 bits per heavy atom. The fourth-order valence-corrected chi connectivity index (χ4v) is 1.85. The highest BCUT2D eigenvalue weighted by Gasteiger charge is 2.08. The number of hydrogen-bond donors (Lipinski definition) is 1. The summed E-state index contributed by atoms with van der Waals surface area (Å²) < 4.78 is 31.4. The first-order chi connectivity index (χ1) is 6.56. The van der Waals surface area contributed by atoms with E-state index in [-0.39, 0.29) is 0 Å². The van der Waals surface area contributed by atoms with Crippen LogP contribution in [0.1, 0.15) is 0 Å². The molecule has 1 aromatic carbocycles. The van der Waals surface area contributed by atoms with Gasteiger partial charge in [-0.1, -0.05) is 12.1 Å². The molecule has 0 bridgehead atoms. The van der Waals surface area contributed by atoms with Gasteiger partial charge in [0.2, 0.25) is 0 Å². The Bertz CT molecular complexity index is 559. The highest BCUT2D eigenvalue weighted by Crippen LogP contribution is 2.12. The van der Waals surface area contributed by atoms with Crippen LogP contribution < -0.4 is 0 Å². The van der Waals surface area contributed by atoms with Crippen LogP contribution in [-0.4, -0.2) is 22.5 Å². The standard InChI is InChI=1S/C8H8N2O3S/c11-14(12,13)6-10-5-9-7-3-1-2-4-8(7)10/h1-5H,6H2,(H,11,12,13). The van der Waals surface area contributed by atoms with Crippen molar-refractivity contribution in [2.75, 3.05) is 0 Å². The van der Waals surface area contributed by atoms with Crippen LogP contribution in [0.3, 0.4) is 0 Å². The molecule has 0 unspecified atom stereocenters. The van der Waals surface area contributed by atoms with Gasteiger partial charge in [-0.05, 0) is 12.1 Å². The van der Waals surface area contributed by atoms with Crippen LogP contribution in [0.15, 0.2) is 30.6 Å². The Morgan fingerprint density at radius 1 is 1.36 bits per heavy atom. The van der Waals surface area contributed by atoms with Crippen LogP contribution in [-0.2, 0) is 16.0 Å². The molecule has 0 aliphatic heterocycles. The van der Waals surface area contributed by atoms with Crippen LogP contribution >= 0.6 is 0 Å². The summed E-state index contributed by atoms with van der Waals surface area (Å²) in [5, 5.41) is 0. The summed E-state index contributed by atoms with van der Waals surface area (Å²) in [5.41, 5.74) is 1.39. The van der Waals surface area contributed by atoms with Gasteiger partial charge >= 0.3 is 0 Å². The van der Waals surface area contributed by atoms with E-state index in [0.717, 1.165) is 0 Å². The van der Waals surface area contributed by atoms with Gasteiger partial charge in [-0.15, -0.1) is 0 Å². The number of imidazole rings is 1. The maximum absolute atomic E-state index is 10.6. The molecule has 0 spiro atoms. The Hall–Kier alpha value is -1.40. The van der Waals surface area contributed by atoms with Crippen molar-refractivity contribution in [3.63, 3.8) is 0 Å². The van der Waals surface area contributed by atoms with Crippen molar-refractivity contribution >= 4 is 21.2 Å². The third kappa shape index (κ3) is 1.75. The summed E-state index contributed by atoms with van der Waals surface area (Å²) in [6.07, 6.45) is 1.39. The van der Waals surface area contributed by atoms with Gasteiger partial charge in [0.05, 0.1) is 17.4 Å².